The van der Waals surface area contributed by atoms with Crippen LogP contribution in [0.3, 0.4) is 0 Å². The molecule has 0 radical (unpaired) electrons. The van der Waals surface area contributed by atoms with Crippen LogP contribution in [0, 0.1) is 0 Å². The van der Waals surface area contributed by atoms with E-state index < -0.39 is 0 Å². The van der Waals surface area contributed by atoms with Gasteiger partial charge in [-0.25, -0.2) is 4.99 Å². The normalized spacial score (nSPS) is 11.0. The van der Waals surface area contributed by atoms with Crippen LogP contribution in [0.25, 0.3) is 0 Å². The summed E-state index contributed by atoms with van der Waals surface area (Å²) < 4.78 is 10.9. The number of nitrogens with one attached hydrogen (secondary N) is 2. The molecule has 0 aromatic heterocycles. The maximum Gasteiger partial charge on any atom is 0.191 e. The summed E-state index contributed by atoms with van der Waals surface area (Å²) in [7, 11) is 5.81. The first-order valence-corrected chi connectivity index (χ1v) is 9.63. The SMILES string of the molecule is CCNC(=NCc1ccccc1CN(C)C)NCCOc1ccc(OC)cc1.I. The zero-order valence-corrected chi connectivity index (χ0v) is 20.1. The van der Waals surface area contributed by atoms with E-state index in [0.717, 1.165) is 30.5 Å². The molecule has 0 heterocycles. The van der Waals surface area contributed by atoms with E-state index in [4.69, 9.17) is 14.5 Å². The summed E-state index contributed by atoms with van der Waals surface area (Å²) in [6, 6.07) is 16.0. The molecule has 0 amide bonds. The highest BCUT2D eigenvalue weighted by atomic mass is 127. The van der Waals surface area contributed by atoms with Gasteiger partial charge in [-0.1, -0.05) is 24.3 Å². The molecule has 0 saturated carbocycles. The summed E-state index contributed by atoms with van der Waals surface area (Å²) >= 11 is 0. The second kappa shape index (κ2) is 14.1. The van der Waals surface area contributed by atoms with Crippen molar-refractivity contribution in [1.29, 1.82) is 0 Å². The molecule has 29 heavy (non-hydrogen) atoms. The van der Waals surface area contributed by atoms with Gasteiger partial charge < -0.3 is 25.0 Å². The Kier molecular flexibility index (Phi) is 12.1. The molecular weight excluding hydrogens is 479 g/mol. The number of methoxy groups -OCH3 is 1. The number of benzene rings is 2. The third-order valence-corrected chi connectivity index (χ3v) is 4.08. The van der Waals surface area contributed by atoms with Crippen molar-refractivity contribution in [3.05, 3.63) is 59.7 Å². The molecule has 0 fully saturated rings. The first kappa shape index (κ1) is 25.0. The summed E-state index contributed by atoms with van der Waals surface area (Å²) in [5.74, 6) is 2.43. The zero-order valence-electron chi connectivity index (χ0n) is 17.8. The number of hydrogen-bond acceptors (Lipinski definition) is 4. The molecule has 0 saturated heterocycles. The number of guanidine groups is 1. The maximum absolute atomic E-state index is 5.75. The predicted molar refractivity (Wildman–Crippen MR) is 131 cm³/mol. The number of aliphatic imine (C=N–C) groups is 1. The third kappa shape index (κ3) is 9.36. The average Bonchev–Trinajstić information content (AvgIpc) is 2.70. The molecule has 2 N–H and O–H groups in total. The van der Waals surface area contributed by atoms with E-state index >= 15 is 0 Å². The van der Waals surface area contributed by atoms with Gasteiger partial charge in [-0.2, -0.15) is 0 Å². The summed E-state index contributed by atoms with van der Waals surface area (Å²) in [5.41, 5.74) is 2.54. The molecule has 0 aliphatic heterocycles. The summed E-state index contributed by atoms with van der Waals surface area (Å²) in [4.78, 5) is 6.89. The minimum absolute atomic E-state index is 0. The Morgan fingerprint density at radius 1 is 0.966 bits per heavy atom. The van der Waals surface area contributed by atoms with Crippen molar-refractivity contribution < 1.29 is 9.47 Å². The molecule has 2 rings (SSSR count). The van der Waals surface area contributed by atoms with Crippen LogP contribution in [0.5, 0.6) is 11.5 Å². The molecule has 7 heteroatoms. The van der Waals surface area contributed by atoms with E-state index in [0.29, 0.717) is 19.7 Å². The topological polar surface area (TPSA) is 58.1 Å². The van der Waals surface area contributed by atoms with Crippen LogP contribution in [0.2, 0.25) is 0 Å². The van der Waals surface area contributed by atoms with Gasteiger partial charge >= 0.3 is 0 Å². The minimum Gasteiger partial charge on any atom is -0.497 e. The number of ether oxygens (including phenoxy) is 2. The second-order valence-electron chi connectivity index (χ2n) is 6.65. The largest absolute Gasteiger partial charge is 0.497 e. The van der Waals surface area contributed by atoms with Crippen molar-refractivity contribution in [3.8, 4) is 11.5 Å². The highest BCUT2D eigenvalue weighted by Crippen LogP contribution is 2.16. The molecular formula is C22H33IN4O2. The fraction of sp³-hybridized carbons (Fsp3) is 0.409. The highest BCUT2D eigenvalue weighted by Gasteiger charge is 2.04. The fourth-order valence-corrected chi connectivity index (χ4v) is 2.72. The van der Waals surface area contributed by atoms with E-state index in [1.807, 2.05) is 24.3 Å². The highest BCUT2D eigenvalue weighted by molar-refractivity contribution is 14.0. The van der Waals surface area contributed by atoms with Crippen molar-refractivity contribution in [1.82, 2.24) is 15.5 Å². The zero-order chi connectivity index (χ0) is 20.2. The lowest BCUT2D eigenvalue weighted by Crippen LogP contribution is -2.39. The smallest absolute Gasteiger partial charge is 0.191 e. The number of halogens is 1. The lowest BCUT2D eigenvalue weighted by Gasteiger charge is -2.15. The quantitative estimate of drug-likeness (QED) is 0.221. The van der Waals surface area contributed by atoms with Gasteiger partial charge in [0.1, 0.15) is 18.1 Å². The Labute approximate surface area is 191 Å². The third-order valence-electron chi connectivity index (χ3n) is 4.08. The van der Waals surface area contributed by atoms with E-state index in [1.165, 1.54) is 11.1 Å². The van der Waals surface area contributed by atoms with Crippen molar-refractivity contribution in [3.63, 3.8) is 0 Å². The first-order chi connectivity index (χ1) is 13.6. The van der Waals surface area contributed by atoms with Gasteiger partial charge in [-0.15, -0.1) is 24.0 Å². The Morgan fingerprint density at radius 3 is 2.24 bits per heavy atom. The molecule has 2 aromatic rings. The minimum atomic E-state index is 0. The Hall–Kier alpha value is -2.00. The van der Waals surface area contributed by atoms with Gasteiger partial charge in [-0.3, -0.25) is 0 Å². The van der Waals surface area contributed by atoms with Crippen LogP contribution < -0.4 is 20.1 Å². The molecule has 0 bridgehead atoms. The van der Waals surface area contributed by atoms with Crippen LogP contribution in [-0.4, -0.2) is 51.8 Å². The monoisotopic (exact) mass is 512 g/mol. The number of hydrogen-bond donors (Lipinski definition) is 2. The van der Waals surface area contributed by atoms with Crippen LogP contribution in [0.1, 0.15) is 18.1 Å². The van der Waals surface area contributed by atoms with E-state index in [9.17, 15) is 0 Å². The predicted octanol–water partition coefficient (Wildman–Crippen LogP) is 3.51. The molecule has 0 aliphatic carbocycles. The van der Waals surface area contributed by atoms with Gasteiger partial charge in [-0.05, 0) is 56.4 Å². The van der Waals surface area contributed by atoms with Gasteiger partial charge in [0, 0.05) is 13.1 Å². The molecule has 0 unspecified atom stereocenters. The van der Waals surface area contributed by atoms with E-state index in [-0.39, 0.29) is 24.0 Å². The van der Waals surface area contributed by atoms with Crippen LogP contribution in [-0.2, 0) is 13.1 Å². The Balaban J connectivity index is 0.00000420. The van der Waals surface area contributed by atoms with Crippen molar-refractivity contribution in [2.24, 2.45) is 4.99 Å². The number of rotatable bonds is 10. The standard InChI is InChI=1S/C22H32N4O2.HI/c1-5-23-22(24-14-15-28-21-12-10-20(27-4)11-13-21)25-16-18-8-6-7-9-19(18)17-26(2)3;/h6-13H,5,14-17H2,1-4H3,(H2,23,24,25);1H. The summed E-state index contributed by atoms with van der Waals surface area (Å²) in [5, 5.41) is 6.61. The molecule has 0 spiro atoms. The molecule has 2 aromatic carbocycles. The summed E-state index contributed by atoms with van der Waals surface area (Å²) in [6.45, 7) is 5.63. The molecule has 160 valence electrons. The number of nitrogens with zero attached hydrogens (tertiary/aromatic N) is 2. The lowest BCUT2D eigenvalue weighted by molar-refractivity contribution is 0.321. The fourth-order valence-electron chi connectivity index (χ4n) is 2.72. The lowest BCUT2D eigenvalue weighted by atomic mass is 10.1. The van der Waals surface area contributed by atoms with Gasteiger partial charge in [0.25, 0.3) is 0 Å². The Morgan fingerprint density at radius 2 is 1.62 bits per heavy atom. The first-order valence-electron chi connectivity index (χ1n) is 9.63. The van der Waals surface area contributed by atoms with Gasteiger partial charge in [0.2, 0.25) is 0 Å². The summed E-state index contributed by atoms with van der Waals surface area (Å²) in [6.07, 6.45) is 0. The van der Waals surface area contributed by atoms with E-state index in [1.54, 1.807) is 7.11 Å². The molecule has 6 nitrogen and oxygen atoms in total. The van der Waals surface area contributed by atoms with E-state index in [2.05, 4.69) is 60.8 Å². The average molecular weight is 512 g/mol. The Bertz CT molecular complexity index is 736. The van der Waals surface area contributed by atoms with Crippen LogP contribution in [0.4, 0.5) is 0 Å². The van der Waals surface area contributed by atoms with Crippen LogP contribution in [0.15, 0.2) is 53.5 Å². The van der Waals surface area contributed by atoms with Crippen molar-refractivity contribution in [2.75, 3.05) is 40.9 Å². The maximum atomic E-state index is 5.75. The van der Waals surface area contributed by atoms with Gasteiger partial charge in [0.15, 0.2) is 5.96 Å². The van der Waals surface area contributed by atoms with Gasteiger partial charge in [0.05, 0.1) is 20.2 Å². The van der Waals surface area contributed by atoms with Crippen LogP contribution >= 0.6 is 24.0 Å². The molecule has 0 atom stereocenters. The van der Waals surface area contributed by atoms with Crippen molar-refractivity contribution in [2.45, 2.75) is 20.0 Å². The second-order valence-corrected chi connectivity index (χ2v) is 6.65. The van der Waals surface area contributed by atoms with Crippen molar-refractivity contribution >= 4 is 29.9 Å². The molecule has 0 aliphatic rings.